The second-order valence-corrected chi connectivity index (χ2v) is 7.78. The fourth-order valence-electron chi connectivity index (χ4n) is 2.41. The van der Waals surface area contributed by atoms with Crippen molar-refractivity contribution in [3.8, 4) is 0 Å². The van der Waals surface area contributed by atoms with Gasteiger partial charge >= 0.3 is 0 Å². The lowest BCUT2D eigenvalue weighted by molar-refractivity contribution is -0.132. The van der Waals surface area contributed by atoms with Crippen molar-refractivity contribution in [2.75, 3.05) is 11.6 Å². The Hall–Kier alpha value is -1.61. The van der Waals surface area contributed by atoms with Gasteiger partial charge in [0.1, 0.15) is 6.04 Å². The number of nitrogens with zero attached hydrogens (tertiary/aromatic N) is 1. The van der Waals surface area contributed by atoms with Gasteiger partial charge < -0.3 is 0 Å². The Bertz CT molecular complexity index is 822. The first-order chi connectivity index (χ1) is 10.5. The average molecular weight is 338 g/mol. The quantitative estimate of drug-likeness (QED) is 0.653. The van der Waals surface area contributed by atoms with Crippen LogP contribution in [-0.4, -0.2) is 41.5 Å². The number of amides is 1. The second-order valence-electron chi connectivity index (χ2n) is 4.89. The van der Waals surface area contributed by atoms with E-state index in [1.54, 1.807) is 12.1 Å². The lowest BCUT2D eigenvalue weighted by atomic mass is 10.1. The summed E-state index contributed by atoms with van der Waals surface area (Å²) in [6.45, 7) is 0. The van der Waals surface area contributed by atoms with Crippen LogP contribution in [0.2, 0.25) is 0 Å². The van der Waals surface area contributed by atoms with Crippen molar-refractivity contribution in [3.05, 3.63) is 42.5 Å². The van der Waals surface area contributed by atoms with Crippen LogP contribution in [-0.2, 0) is 14.8 Å². The van der Waals surface area contributed by atoms with Crippen molar-refractivity contribution in [3.63, 3.8) is 0 Å². The molecule has 1 aliphatic heterocycles. The Morgan fingerprint density at radius 1 is 1.23 bits per heavy atom. The van der Waals surface area contributed by atoms with E-state index in [-0.39, 0.29) is 10.8 Å². The van der Waals surface area contributed by atoms with Crippen LogP contribution in [0.3, 0.4) is 0 Å². The van der Waals surface area contributed by atoms with E-state index in [0.717, 1.165) is 15.1 Å². The number of hydroxylamine groups is 1. The third-order valence-electron chi connectivity index (χ3n) is 3.58. The third kappa shape index (κ3) is 2.58. The van der Waals surface area contributed by atoms with Gasteiger partial charge in [-0.05, 0) is 22.9 Å². The molecule has 2 N–H and O–H groups in total. The molecule has 6 nitrogen and oxygen atoms in total. The summed E-state index contributed by atoms with van der Waals surface area (Å²) in [6, 6.07) is 11.4. The smallest absolute Gasteiger partial charge is 0.262 e. The summed E-state index contributed by atoms with van der Waals surface area (Å²) in [5.41, 5.74) is 1.53. The molecule has 1 aliphatic rings. The molecular formula is C14H14N2O4S2. The third-order valence-corrected chi connectivity index (χ3v) is 6.61. The van der Waals surface area contributed by atoms with Gasteiger partial charge in [-0.2, -0.15) is 4.31 Å². The molecule has 0 bridgehead atoms. The maximum absolute atomic E-state index is 12.8. The summed E-state index contributed by atoms with van der Waals surface area (Å²) in [5.74, 6) is -0.207. The van der Waals surface area contributed by atoms with Crippen LogP contribution in [0.25, 0.3) is 10.8 Å². The number of carbonyl (C=O) groups excluding carboxylic acids is 1. The number of hydrogen-bond donors (Lipinski definition) is 2. The predicted octanol–water partition coefficient (Wildman–Crippen LogP) is 1.41. The molecule has 0 spiro atoms. The van der Waals surface area contributed by atoms with Gasteiger partial charge in [0.05, 0.1) is 10.8 Å². The molecule has 0 aromatic heterocycles. The van der Waals surface area contributed by atoms with Crippen molar-refractivity contribution in [2.45, 2.75) is 10.9 Å². The van der Waals surface area contributed by atoms with Gasteiger partial charge in [0, 0.05) is 5.75 Å². The fourth-order valence-corrected chi connectivity index (χ4v) is 5.59. The molecule has 0 unspecified atom stereocenters. The molecule has 0 radical (unpaired) electrons. The minimum absolute atomic E-state index is 0.143. The zero-order valence-electron chi connectivity index (χ0n) is 11.5. The fraction of sp³-hybridized carbons (Fsp3) is 0.214. The first kappa shape index (κ1) is 15.3. The van der Waals surface area contributed by atoms with Crippen molar-refractivity contribution in [1.82, 2.24) is 9.79 Å². The lowest BCUT2D eigenvalue weighted by Crippen LogP contribution is -2.46. The molecule has 1 amide bonds. The maximum atomic E-state index is 12.8. The van der Waals surface area contributed by atoms with Gasteiger partial charge in [0.15, 0.2) is 0 Å². The van der Waals surface area contributed by atoms with E-state index in [0.29, 0.717) is 5.75 Å². The van der Waals surface area contributed by atoms with E-state index in [1.165, 1.54) is 23.3 Å². The molecule has 1 atom stereocenters. The number of thioether (sulfide) groups is 1. The zero-order chi connectivity index (χ0) is 15.7. The van der Waals surface area contributed by atoms with Gasteiger partial charge in [-0.1, -0.05) is 30.3 Å². The van der Waals surface area contributed by atoms with Crippen LogP contribution in [0.15, 0.2) is 47.4 Å². The molecule has 2 aromatic rings. The minimum atomic E-state index is -3.79. The van der Waals surface area contributed by atoms with Gasteiger partial charge in [-0.15, -0.1) is 11.8 Å². The molecule has 0 saturated carbocycles. The Labute approximate surface area is 132 Å². The van der Waals surface area contributed by atoms with Crippen molar-refractivity contribution in [2.24, 2.45) is 0 Å². The number of benzene rings is 2. The summed E-state index contributed by atoms with van der Waals surface area (Å²) in [6.07, 6.45) is 0. The van der Waals surface area contributed by atoms with Crippen LogP contribution in [0.1, 0.15) is 0 Å². The molecule has 22 heavy (non-hydrogen) atoms. The van der Waals surface area contributed by atoms with Crippen LogP contribution in [0.4, 0.5) is 0 Å². The molecule has 3 rings (SSSR count). The van der Waals surface area contributed by atoms with Gasteiger partial charge in [-0.25, -0.2) is 13.9 Å². The molecule has 2 aromatic carbocycles. The topological polar surface area (TPSA) is 86.7 Å². The van der Waals surface area contributed by atoms with E-state index in [9.17, 15) is 13.2 Å². The first-order valence-electron chi connectivity index (χ1n) is 6.56. The van der Waals surface area contributed by atoms with Crippen LogP contribution in [0, 0.1) is 0 Å². The largest absolute Gasteiger partial charge is 0.289 e. The molecule has 8 heteroatoms. The zero-order valence-corrected chi connectivity index (χ0v) is 13.1. The van der Waals surface area contributed by atoms with Gasteiger partial charge in [-0.3, -0.25) is 10.0 Å². The van der Waals surface area contributed by atoms with Crippen LogP contribution < -0.4 is 5.48 Å². The monoisotopic (exact) mass is 338 g/mol. The Balaban J connectivity index is 2.02. The van der Waals surface area contributed by atoms with Crippen LogP contribution >= 0.6 is 11.8 Å². The van der Waals surface area contributed by atoms with E-state index >= 15 is 0 Å². The first-order valence-corrected chi connectivity index (χ1v) is 9.16. The van der Waals surface area contributed by atoms with E-state index < -0.39 is 22.0 Å². The van der Waals surface area contributed by atoms with E-state index in [1.807, 2.05) is 24.3 Å². The van der Waals surface area contributed by atoms with Crippen molar-refractivity contribution >= 4 is 38.5 Å². The number of nitrogens with one attached hydrogen (secondary N) is 1. The Morgan fingerprint density at radius 2 is 1.95 bits per heavy atom. The maximum Gasteiger partial charge on any atom is 0.262 e. The van der Waals surface area contributed by atoms with Crippen LogP contribution in [0.5, 0.6) is 0 Å². The van der Waals surface area contributed by atoms with E-state index in [4.69, 9.17) is 5.21 Å². The van der Waals surface area contributed by atoms with Gasteiger partial charge in [0.25, 0.3) is 5.91 Å². The molecule has 1 saturated heterocycles. The standard InChI is InChI=1S/C14H14N2O4S2/c17-14(15-18)13-8-21-9-16(13)22(19,20)12-6-5-10-3-1-2-4-11(10)7-12/h1-7,13,18H,8-9H2,(H,15,17)/t13-/m1/s1. The average Bonchev–Trinajstić information content (AvgIpc) is 3.04. The number of carbonyl (C=O) groups is 1. The lowest BCUT2D eigenvalue weighted by Gasteiger charge is -2.21. The molecule has 1 heterocycles. The highest BCUT2D eigenvalue weighted by Crippen LogP contribution is 2.29. The highest BCUT2D eigenvalue weighted by molar-refractivity contribution is 8.00. The van der Waals surface area contributed by atoms with Crippen molar-refractivity contribution < 1.29 is 18.4 Å². The summed E-state index contributed by atoms with van der Waals surface area (Å²) in [5, 5.41) is 10.5. The summed E-state index contributed by atoms with van der Waals surface area (Å²) in [4.78, 5) is 11.8. The SMILES string of the molecule is O=C(NO)[C@H]1CSCN1S(=O)(=O)c1ccc2ccccc2c1. The minimum Gasteiger partial charge on any atom is -0.289 e. The number of hydrogen-bond acceptors (Lipinski definition) is 5. The van der Waals surface area contributed by atoms with E-state index in [2.05, 4.69) is 0 Å². The Morgan fingerprint density at radius 3 is 2.68 bits per heavy atom. The molecule has 116 valence electrons. The number of rotatable bonds is 3. The summed E-state index contributed by atoms with van der Waals surface area (Å²) < 4.78 is 26.6. The van der Waals surface area contributed by atoms with Crippen molar-refractivity contribution in [1.29, 1.82) is 0 Å². The van der Waals surface area contributed by atoms with Gasteiger partial charge in [0.2, 0.25) is 10.0 Å². The highest BCUT2D eigenvalue weighted by atomic mass is 32.2. The molecule has 1 fully saturated rings. The Kier molecular flexibility index (Phi) is 4.09. The second kappa shape index (κ2) is 5.88. The summed E-state index contributed by atoms with van der Waals surface area (Å²) >= 11 is 1.33. The summed E-state index contributed by atoms with van der Waals surface area (Å²) in [7, 11) is -3.79. The normalized spacial score (nSPS) is 19.4. The molecule has 0 aliphatic carbocycles. The number of sulfonamides is 1. The molecular weight excluding hydrogens is 324 g/mol. The highest BCUT2D eigenvalue weighted by Gasteiger charge is 2.40. The number of fused-ring (bicyclic) bond motifs is 1. The predicted molar refractivity (Wildman–Crippen MR) is 84.0 cm³/mol.